The fourth-order valence-electron chi connectivity index (χ4n) is 8.24. The molecule has 0 aliphatic heterocycles. The lowest BCUT2D eigenvalue weighted by atomic mass is 9.74. The van der Waals surface area contributed by atoms with Crippen LogP contribution >= 0.6 is 0 Å². The van der Waals surface area contributed by atoms with Crippen LogP contribution in [0.5, 0.6) is 11.5 Å². The Morgan fingerprint density at radius 3 is 2.43 bits per heavy atom. The van der Waals surface area contributed by atoms with Crippen LogP contribution in [0.1, 0.15) is 121 Å². The minimum Gasteiger partial charge on any atom is -0.457 e. The van der Waals surface area contributed by atoms with Gasteiger partial charge in [-0.05, 0) is 110 Å². The van der Waals surface area contributed by atoms with Crippen LogP contribution in [0.4, 0.5) is 0 Å². The van der Waals surface area contributed by atoms with Gasteiger partial charge in [-0.1, -0.05) is 84.7 Å². The van der Waals surface area contributed by atoms with Gasteiger partial charge in [0.05, 0.1) is 28.1 Å². The van der Waals surface area contributed by atoms with Gasteiger partial charge >= 0.3 is 0 Å². The first kappa shape index (κ1) is 34.8. The number of fused-ring (bicyclic) bond motifs is 3. The zero-order valence-corrected chi connectivity index (χ0v) is 32.0. The topological polar surface area (TPSA) is 44.9 Å². The smallest absolute Gasteiger partial charge is 0.137 e. The fourth-order valence-corrected chi connectivity index (χ4v) is 8.24. The molecule has 0 spiro atoms. The zero-order chi connectivity index (χ0) is 36.0. The van der Waals surface area contributed by atoms with Crippen LogP contribution in [0.3, 0.4) is 0 Å². The number of benzene rings is 3. The van der Waals surface area contributed by atoms with E-state index in [0.29, 0.717) is 17.8 Å². The van der Waals surface area contributed by atoms with Crippen molar-refractivity contribution in [2.75, 3.05) is 0 Å². The quantitative estimate of drug-likeness (QED) is 0.143. The van der Waals surface area contributed by atoms with E-state index in [9.17, 15) is 0 Å². The molecule has 3 aromatic heterocycles. The molecule has 0 saturated carbocycles. The van der Waals surface area contributed by atoms with Gasteiger partial charge in [0.1, 0.15) is 17.3 Å². The number of para-hydroxylation sites is 1. The van der Waals surface area contributed by atoms with Gasteiger partial charge in [0, 0.05) is 40.6 Å². The van der Waals surface area contributed by atoms with E-state index in [1.165, 1.54) is 58.0 Å². The summed E-state index contributed by atoms with van der Waals surface area (Å²) < 4.78 is 11.4. The third-order valence-corrected chi connectivity index (χ3v) is 10.9. The summed E-state index contributed by atoms with van der Waals surface area (Å²) >= 11 is 0. The highest BCUT2D eigenvalue weighted by atomic mass is 16.5. The lowest BCUT2D eigenvalue weighted by Crippen LogP contribution is -2.18. The van der Waals surface area contributed by atoms with Gasteiger partial charge in [-0.3, -0.25) is 4.57 Å². The highest BCUT2D eigenvalue weighted by Gasteiger charge is 2.32. The average Bonchev–Trinajstić information content (AvgIpc) is 3.61. The highest BCUT2D eigenvalue weighted by molar-refractivity contribution is 6.09. The second-order valence-corrected chi connectivity index (χ2v) is 16.2. The first-order valence-corrected chi connectivity index (χ1v) is 19.0. The Hall–Kier alpha value is -4.64. The monoisotopic (exact) mass is 678 g/mol. The number of ether oxygens (including phenoxy) is 1. The van der Waals surface area contributed by atoms with Crippen LogP contribution in [0.25, 0.3) is 33.3 Å². The largest absolute Gasteiger partial charge is 0.457 e. The molecule has 2 atom stereocenters. The van der Waals surface area contributed by atoms with E-state index < -0.39 is 0 Å². The van der Waals surface area contributed by atoms with Gasteiger partial charge in [-0.25, -0.2) is 9.67 Å². The van der Waals surface area contributed by atoms with Crippen LogP contribution in [0, 0.1) is 12.8 Å². The van der Waals surface area contributed by atoms with Crippen LogP contribution < -0.4 is 4.74 Å². The Morgan fingerprint density at radius 2 is 1.69 bits per heavy atom. The predicted molar refractivity (Wildman–Crippen MR) is 213 cm³/mol. The van der Waals surface area contributed by atoms with Crippen molar-refractivity contribution in [2.45, 2.75) is 112 Å². The molecule has 5 heteroatoms. The second-order valence-electron chi connectivity index (χ2n) is 16.2. The molecule has 5 nitrogen and oxygen atoms in total. The molecule has 1 aliphatic carbocycles. The molecule has 0 unspecified atom stereocenters. The van der Waals surface area contributed by atoms with Crippen molar-refractivity contribution in [1.82, 2.24) is 19.3 Å². The molecule has 3 heterocycles. The fraction of sp³-hybridized carbons (Fsp3) is 0.391. The Morgan fingerprint density at radius 1 is 0.902 bits per heavy atom. The Balaban J connectivity index is 1.35. The molecule has 7 rings (SSSR count). The number of nitrogens with zero attached hydrogens (tertiary/aromatic N) is 4. The molecule has 51 heavy (non-hydrogen) atoms. The number of aryl methyl sites for hydroxylation is 2. The second kappa shape index (κ2) is 13.8. The van der Waals surface area contributed by atoms with Gasteiger partial charge in [-0.15, -0.1) is 0 Å². The summed E-state index contributed by atoms with van der Waals surface area (Å²) in [6.07, 6.45) is 10.1. The van der Waals surface area contributed by atoms with Crippen LogP contribution in [-0.2, 0) is 11.8 Å². The Labute approximate surface area is 304 Å². The van der Waals surface area contributed by atoms with Gasteiger partial charge in [-0.2, -0.15) is 5.10 Å². The standard InChI is InChI=1S/C46H54N4O/c1-10-11-17-33-22-23-47-42(24-33)49-40-19-13-12-18-38(40)39-21-20-36(28-41(39)49)51-37-26-34(46(7,8)9)25-35(27-37)50-45(29(2)3)44(32(6)48-50)43-30(4)15-14-16-31(43)5/h12-13,15,18-29,31,43H,10-11,14,16-17H2,1-9H3/t31-,43-/m0/s1. The first-order chi connectivity index (χ1) is 24.4. The molecule has 1 aliphatic rings. The van der Waals surface area contributed by atoms with Crippen LogP contribution in [0.2, 0.25) is 0 Å². The van der Waals surface area contributed by atoms with E-state index in [2.05, 4.69) is 150 Å². The number of hydrogen-bond donors (Lipinski definition) is 0. The van der Waals surface area contributed by atoms with E-state index in [1.54, 1.807) is 0 Å². The molecule has 0 N–H and O–H groups in total. The lowest BCUT2D eigenvalue weighted by Gasteiger charge is -2.30. The van der Waals surface area contributed by atoms with Gasteiger partial charge in [0.2, 0.25) is 0 Å². The molecular weight excluding hydrogens is 625 g/mol. The highest BCUT2D eigenvalue weighted by Crippen LogP contribution is 2.44. The van der Waals surface area contributed by atoms with Crippen molar-refractivity contribution in [3.8, 4) is 23.0 Å². The molecule has 0 bridgehead atoms. The molecule has 264 valence electrons. The van der Waals surface area contributed by atoms with Crippen molar-refractivity contribution >= 4 is 21.8 Å². The molecule has 0 amide bonds. The van der Waals surface area contributed by atoms with E-state index in [1.807, 2.05) is 6.20 Å². The van der Waals surface area contributed by atoms with Crippen molar-refractivity contribution in [2.24, 2.45) is 5.92 Å². The number of allylic oxidation sites excluding steroid dienone is 2. The lowest BCUT2D eigenvalue weighted by molar-refractivity contribution is 0.445. The molecule has 0 radical (unpaired) electrons. The molecule has 0 saturated heterocycles. The third-order valence-electron chi connectivity index (χ3n) is 10.9. The van der Waals surface area contributed by atoms with Gasteiger partial charge < -0.3 is 4.74 Å². The maximum Gasteiger partial charge on any atom is 0.137 e. The summed E-state index contributed by atoms with van der Waals surface area (Å²) in [5, 5.41) is 7.67. The number of aromatic nitrogens is 4. The number of rotatable bonds is 9. The van der Waals surface area contributed by atoms with Gasteiger partial charge in [0.15, 0.2) is 0 Å². The number of unbranched alkanes of at least 4 members (excludes halogenated alkanes) is 1. The summed E-state index contributed by atoms with van der Waals surface area (Å²) in [4.78, 5) is 4.87. The van der Waals surface area contributed by atoms with E-state index >= 15 is 0 Å². The van der Waals surface area contributed by atoms with Gasteiger partial charge in [0.25, 0.3) is 0 Å². The normalized spacial score (nSPS) is 16.7. The van der Waals surface area contributed by atoms with Crippen molar-refractivity contribution in [1.29, 1.82) is 0 Å². The van der Waals surface area contributed by atoms with Crippen molar-refractivity contribution in [3.63, 3.8) is 0 Å². The maximum atomic E-state index is 6.85. The summed E-state index contributed by atoms with van der Waals surface area (Å²) in [6, 6.07) is 26.1. The average molecular weight is 679 g/mol. The summed E-state index contributed by atoms with van der Waals surface area (Å²) in [5.41, 5.74) is 11.0. The third kappa shape index (κ3) is 6.64. The summed E-state index contributed by atoms with van der Waals surface area (Å²) in [7, 11) is 0. The molecule has 0 fully saturated rings. The van der Waals surface area contributed by atoms with E-state index in [4.69, 9.17) is 14.8 Å². The van der Waals surface area contributed by atoms with E-state index in [0.717, 1.165) is 52.6 Å². The number of hydrogen-bond acceptors (Lipinski definition) is 3. The minimum atomic E-state index is -0.0841. The van der Waals surface area contributed by atoms with Crippen molar-refractivity contribution < 1.29 is 4.74 Å². The first-order valence-electron chi connectivity index (χ1n) is 19.0. The number of pyridine rings is 1. The van der Waals surface area contributed by atoms with Crippen LogP contribution in [0.15, 0.2) is 90.6 Å². The SMILES string of the molecule is CCCCc1ccnc(-n2c3ccccc3c3ccc(Oc4cc(-n5nc(C)c([C@H]6C(C)=CCC[C@@H]6C)c5C(C)C)cc(C(C)(C)C)c4)cc32)c1. The van der Waals surface area contributed by atoms with Crippen molar-refractivity contribution in [3.05, 3.63) is 119 Å². The summed E-state index contributed by atoms with van der Waals surface area (Å²) in [6.45, 7) is 20.6. The predicted octanol–water partition coefficient (Wildman–Crippen LogP) is 12.7. The zero-order valence-electron chi connectivity index (χ0n) is 32.0. The molecule has 3 aromatic carbocycles. The van der Waals surface area contributed by atoms with Crippen LogP contribution in [-0.4, -0.2) is 19.3 Å². The Bertz CT molecular complexity index is 2240. The minimum absolute atomic E-state index is 0.0841. The van der Waals surface area contributed by atoms with E-state index in [-0.39, 0.29) is 5.41 Å². The summed E-state index contributed by atoms with van der Waals surface area (Å²) in [5.74, 6) is 3.83. The molecule has 6 aromatic rings. The maximum absolute atomic E-state index is 6.85. The Kier molecular flexibility index (Phi) is 9.43. The molecular formula is C46H54N4O.